The summed E-state index contributed by atoms with van der Waals surface area (Å²) < 4.78 is 3.18. The summed E-state index contributed by atoms with van der Waals surface area (Å²) in [7, 11) is 0. The van der Waals surface area contributed by atoms with E-state index in [2.05, 4.69) is 5.32 Å². The molecule has 92 valence electrons. The SMILES string of the molecule is NC(CC1=CCNC1)C(=O)OCC(Cl)(Cl)Cl. The molecule has 0 aromatic heterocycles. The number of rotatable bonds is 4. The molecule has 1 unspecified atom stereocenters. The van der Waals surface area contributed by atoms with E-state index in [4.69, 9.17) is 45.3 Å². The first-order valence-corrected chi connectivity index (χ1v) is 5.89. The van der Waals surface area contributed by atoms with Gasteiger partial charge in [0.1, 0.15) is 12.6 Å². The average Bonchev–Trinajstić information content (AvgIpc) is 2.65. The first kappa shape index (κ1) is 14.1. The van der Waals surface area contributed by atoms with E-state index in [0.717, 1.165) is 18.7 Å². The van der Waals surface area contributed by atoms with Gasteiger partial charge in [0.25, 0.3) is 0 Å². The Bertz CT molecular complexity index is 289. The lowest BCUT2D eigenvalue weighted by atomic mass is 10.1. The Morgan fingerprint density at radius 3 is 2.81 bits per heavy atom. The van der Waals surface area contributed by atoms with Crippen molar-refractivity contribution < 1.29 is 9.53 Å². The smallest absolute Gasteiger partial charge is 0.323 e. The number of nitrogens with one attached hydrogen (secondary N) is 1. The molecule has 0 aromatic rings. The number of carbonyl (C=O) groups excluding carboxylic acids is 1. The summed E-state index contributed by atoms with van der Waals surface area (Å²) in [6.45, 7) is 1.28. The maximum Gasteiger partial charge on any atom is 0.323 e. The predicted molar refractivity (Wildman–Crippen MR) is 64.8 cm³/mol. The zero-order chi connectivity index (χ0) is 12.2. The molecule has 3 N–H and O–H groups in total. The maximum absolute atomic E-state index is 11.4. The van der Waals surface area contributed by atoms with E-state index in [1.807, 2.05) is 6.08 Å². The fourth-order valence-electron chi connectivity index (χ4n) is 1.30. The van der Waals surface area contributed by atoms with E-state index in [1.165, 1.54) is 0 Å². The topological polar surface area (TPSA) is 64.3 Å². The van der Waals surface area contributed by atoms with E-state index < -0.39 is 15.8 Å². The Morgan fingerprint density at radius 2 is 2.31 bits per heavy atom. The van der Waals surface area contributed by atoms with Gasteiger partial charge in [-0.1, -0.05) is 46.5 Å². The highest BCUT2D eigenvalue weighted by molar-refractivity contribution is 6.67. The van der Waals surface area contributed by atoms with Crippen molar-refractivity contribution in [3.05, 3.63) is 11.6 Å². The van der Waals surface area contributed by atoms with Gasteiger partial charge >= 0.3 is 5.97 Å². The van der Waals surface area contributed by atoms with Crippen molar-refractivity contribution >= 4 is 40.8 Å². The molecule has 0 amide bonds. The maximum atomic E-state index is 11.4. The molecular weight excluding hydrogens is 274 g/mol. The monoisotopic (exact) mass is 286 g/mol. The first-order valence-electron chi connectivity index (χ1n) is 4.76. The number of hydrogen-bond donors (Lipinski definition) is 2. The number of nitrogens with two attached hydrogens (primary N) is 1. The van der Waals surface area contributed by atoms with Gasteiger partial charge in [-0.15, -0.1) is 0 Å². The summed E-state index contributed by atoms with van der Waals surface area (Å²) in [4.78, 5) is 11.4. The van der Waals surface area contributed by atoms with Crippen LogP contribution in [0.3, 0.4) is 0 Å². The summed E-state index contributed by atoms with van der Waals surface area (Å²) in [5.74, 6) is -0.556. The Hall–Kier alpha value is -0.000000000000000111. The molecule has 0 saturated heterocycles. The minimum absolute atomic E-state index is 0.290. The zero-order valence-corrected chi connectivity index (χ0v) is 10.8. The first-order chi connectivity index (χ1) is 7.38. The van der Waals surface area contributed by atoms with Gasteiger partial charge in [0.15, 0.2) is 0 Å². The Morgan fingerprint density at radius 1 is 1.62 bits per heavy atom. The highest BCUT2D eigenvalue weighted by atomic mass is 35.6. The minimum atomic E-state index is -1.59. The van der Waals surface area contributed by atoms with Crippen LogP contribution >= 0.6 is 34.8 Å². The van der Waals surface area contributed by atoms with Gasteiger partial charge in [-0.2, -0.15) is 0 Å². The van der Waals surface area contributed by atoms with Crippen molar-refractivity contribution in [2.45, 2.75) is 16.3 Å². The van der Waals surface area contributed by atoms with Crippen molar-refractivity contribution in [1.29, 1.82) is 0 Å². The summed E-state index contributed by atoms with van der Waals surface area (Å²) in [6, 6.07) is -0.710. The summed E-state index contributed by atoms with van der Waals surface area (Å²) in [5.41, 5.74) is 6.75. The molecular formula is C9H13Cl3N2O2. The van der Waals surface area contributed by atoms with Crippen LogP contribution in [0.5, 0.6) is 0 Å². The standard InChI is InChI=1S/C9H13Cl3N2O2/c10-9(11,12)5-16-8(15)7(13)3-6-1-2-14-4-6/h1,7,14H,2-5,13H2. The van der Waals surface area contributed by atoms with Crippen LogP contribution in [0.15, 0.2) is 11.6 Å². The van der Waals surface area contributed by atoms with Crippen LogP contribution < -0.4 is 11.1 Å². The zero-order valence-electron chi connectivity index (χ0n) is 8.51. The highest BCUT2D eigenvalue weighted by Gasteiger charge is 2.25. The third kappa shape index (κ3) is 5.37. The van der Waals surface area contributed by atoms with E-state index in [1.54, 1.807) is 0 Å². The molecule has 0 radical (unpaired) electrons. The van der Waals surface area contributed by atoms with Crippen LogP contribution in [-0.2, 0) is 9.53 Å². The van der Waals surface area contributed by atoms with Gasteiger partial charge in [-0.3, -0.25) is 4.79 Å². The summed E-state index contributed by atoms with van der Waals surface area (Å²) >= 11 is 16.3. The number of hydrogen-bond acceptors (Lipinski definition) is 4. The van der Waals surface area contributed by atoms with Crippen LogP contribution in [0.25, 0.3) is 0 Å². The predicted octanol–water partition coefficient (Wildman–Crippen LogP) is 1.15. The fraction of sp³-hybridized carbons (Fsp3) is 0.667. The van der Waals surface area contributed by atoms with Gasteiger partial charge in [0.05, 0.1) is 0 Å². The minimum Gasteiger partial charge on any atom is -0.460 e. The van der Waals surface area contributed by atoms with Crippen LogP contribution in [0.2, 0.25) is 0 Å². The lowest BCUT2D eigenvalue weighted by Crippen LogP contribution is -2.34. The van der Waals surface area contributed by atoms with E-state index in [0.29, 0.717) is 6.42 Å². The van der Waals surface area contributed by atoms with Gasteiger partial charge < -0.3 is 15.8 Å². The molecule has 4 nitrogen and oxygen atoms in total. The largest absolute Gasteiger partial charge is 0.460 e. The molecule has 0 bridgehead atoms. The number of ether oxygens (including phenoxy) is 1. The molecule has 1 aliphatic heterocycles. The Labute approximate surface area is 109 Å². The molecule has 1 heterocycles. The Kier molecular flexibility index (Phi) is 5.34. The molecule has 16 heavy (non-hydrogen) atoms. The third-order valence-electron chi connectivity index (χ3n) is 2.05. The van der Waals surface area contributed by atoms with Crippen LogP contribution in [0.1, 0.15) is 6.42 Å². The van der Waals surface area contributed by atoms with Gasteiger partial charge in [0.2, 0.25) is 3.79 Å². The number of alkyl halides is 3. The summed E-state index contributed by atoms with van der Waals surface area (Å²) in [6.07, 6.45) is 2.47. The highest BCUT2D eigenvalue weighted by Crippen LogP contribution is 2.26. The molecule has 0 spiro atoms. The molecule has 0 saturated carbocycles. The fourth-order valence-corrected chi connectivity index (χ4v) is 1.47. The molecule has 1 aliphatic rings. The normalized spacial score (nSPS) is 18.1. The van der Waals surface area contributed by atoms with Crippen LogP contribution in [-0.4, -0.2) is 35.5 Å². The average molecular weight is 288 g/mol. The van der Waals surface area contributed by atoms with Crippen LogP contribution in [0, 0.1) is 0 Å². The Balaban J connectivity index is 2.30. The lowest BCUT2D eigenvalue weighted by Gasteiger charge is -2.15. The molecule has 0 fully saturated rings. The molecule has 1 rings (SSSR count). The van der Waals surface area contributed by atoms with Crippen molar-refractivity contribution in [2.24, 2.45) is 5.73 Å². The number of halogens is 3. The lowest BCUT2D eigenvalue weighted by molar-refractivity contribution is -0.145. The van der Waals surface area contributed by atoms with Crippen molar-refractivity contribution in [2.75, 3.05) is 19.7 Å². The van der Waals surface area contributed by atoms with Crippen molar-refractivity contribution in [3.63, 3.8) is 0 Å². The second-order valence-electron chi connectivity index (χ2n) is 3.53. The van der Waals surface area contributed by atoms with E-state index in [9.17, 15) is 4.79 Å². The summed E-state index contributed by atoms with van der Waals surface area (Å²) in [5, 5.41) is 3.11. The van der Waals surface area contributed by atoms with Gasteiger partial charge in [-0.25, -0.2) is 0 Å². The van der Waals surface area contributed by atoms with E-state index in [-0.39, 0.29) is 6.61 Å². The van der Waals surface area contributed by atoms with Gasteiger partial charge in [-0.05, 0) is 6.42 Å². The second kappa shape index (κ2) is 6.07. The molecule has 0 aliphatic carbocycles. The quantitative estimate of drug-likeness (QED) is 0.462. The molecule has 1 atom stereocenters. The van der Waals surface area contributed by atoms with Crippen molar-refractivity contribution in [3.8, 4) is 0 Å². The molecule has 7 heteroatoms. The van der Waals surface area contributed by atoms with E-state index >= 15 is 0 Å². The second-order valence-corrected chi connectivity index (χ2v) is 6.04. The molecule has 0 aromatic carbocycles. The van der Waals surface area contributed by atoms with Crippen molar-refractivity contribution in [1.82, 2.24) is 5.32 Å². The third-order valence-corrected chi connectivity index (χ3v) is 2.38. The number of carbonyl (C=O) groups is 1. The number of esters is 1. The van der Waals surface area contributed by atoms with Crippen LogP contribution in [0.4, 0.5) is 0 Å². The van der Waals surface area contributed by atoms with Gasteiger partial charge in [0, 0.05) is 13.1 Å².